The predicted molar refractivity (Wildman–Crippen MR) is 525 cm³/mol. The highest BCUT2D eigenvalue weighted by Crippen LogP contribution is 2.38. The first-order chi connectivity index (χ1) is 51.1. The van der Waals surface area contributed by atoms with Gasteiger partial charge in [-0.1, -0.05) is 41.5 Å². The largest absolute Gasteiger partial charge is 0.456 e. The lowest BCUT2D eigenvalue weighted by Crippen LogP contribution is -2.55. The predicted octanol–water partition coefficient (Wildman–Crippen LogP) is 19.6. The summed E-state index contributed by atoms with van der Waals surface area (Å²) < 4.78 is 103. The van der Waals surface area contributed by atoms with Crippen molar-refractivity contribution < 1.29 is 100 Å². The average molecular weight is 1920 g/mol. The van der Waals surface area contributed by atoms with E-state index in [4.69, 9.17) is 69.6 Å². The van der Waals surface area contributed by atoms with E-state index in [0.29, 0.717) is 50.7 Å². The first-order valence-corrected chi connectivity index (χ1v) is 93.2. The molecule has 0 spiro atoms. The van der Waals surface area contributed by atoms with Crippen LogP contribution in [0.5, 0.6) is 0 Å². The molecule has 0 radical (unpaired) electrons. The molecule has 0 aliphatic rings. The van der Waals surface area contributed by atoms with Gasteiger partial charge in [-0.05, 0) is 309 Å². The molecule has 0 amide bonds. The molecule has 6 N–H and O–H groups in total. The molecule has 0 aliphatic carbocycles. The van der Waals surface area contributed by atoms with Crippen molar-refractivity contribution >= 4 is 134 Å². The van der Waals surface area contributed by atoms with E-state index < -0.39 is 150 Å². The van der Waals surface area contributed by atoms with Crippen LogP contribution < -0.4 is 0 Å². The summed E-state index contributed by atoms with van der Waals surface area (Å²) in [6.45, 7) is 101. The van der Waals surface area contributed by atoms with Crippen molar-refractivity contribution in [1.29, 1.82) is 0 Å². The standard InChI is InChI=1S/2C27H68O8Si6.C23H56O6Si4/c1-25(19-40(15,32-36(3,4)5)33-37(6,7)8)17-30-23-27(21-28,22-29)24-31-18-26(2)20-41(16,34-38(9,10)11)35-39(12,13)14;1-25(40(15,32-36(3,4)5)33-37(6,7)8)17-19-30-23-27(21-28,22-29)24-31-20-18-26(2)41(16,34-38(9,10)11)35-39(12,13)14;1-21(32(9,10)28-30(3,4)5)13-15-26-19-23(17-24,18-25)20-27-16-14-22(2)33(11,12)29-31(6,7)8/h2*25-26,28-29H,17-24H2,1-16H3;21-22,24-25H,13-20H2,1-12H3. The van der Waals surface area contributed by atoms with Gasteiger partial charge in [-0.3, -0.25) is 0 Å². The lowest BCUT2D eigenvalue weighted by Gasteiger charge is -2.42. The smallest absolute Gasteiger partial charge is 0.317 e. The van der Waals surface area contributed by atoms with Gasteiger partial charge in [-0.25, -0.2) is 0 Å². The van der Waals surface area contributed by atoms with E-state index in [2.05, 4.69) is 290 Å². The van der Waals surface area contributed by atoms with Gasteiger partial charge in [0.05, 0.1) is 95.5 Å². The Bertz CT molecular complexity index is 2340. The Hall–Kier alpha value is 2.59. The molecule has 0 saturated carbocycles. The van der Waals surface area contributed by atoms with Crippen molar-refractivity contribution in [2.24, 2.45) is 28.1 Å². The van der Waals surface area contributed by atoms with Gasteiger partial charge in [0.1, 0.15) is 0 Å². The van der Waals surface area contributed by atoms with Crippen LogP contribution in [0, 0.1) is 28.1 Å². The highest BCUT2D eigenvalue weighted by atomic mass is 28.5. The molecule has 0 aromatic carbocycles. The van der Waals surface area contributed by atoms with E-state index in [1.807, 2.05) is 0 Å². The molecule has 6 unspecified atom stereocenters. The van der Waals surface area contributed by atoms with Gasteiger partial charge in [0.2, 0.25) is 0 Å². The Morgan fingerprint density at radius 2 is 0.383 bits per heavy atom. The van der Waals surface area contributed by atoms with Crippen LogP contribution in [0.3, 0.4) is 0 Å². The molecule has 0 rings (SSSR count). The maximum absolute atomic E-state index is 10.2. The van der Waals surface area contributed by atoms with Crippen LogP contribution in [0.4, 0.5) is 0 Å². The fourth-order valence-electron chi connectivity index (χ4n) is 14.0. The highest BCUT2D eigenvalue weighted by molar-refractivity contribution is 6.91. The van der Waals surface area contributed by atoms with Gasteiger partial charge in [-0.2, -0.15) is 0 Å². The molecule has 0 fully saturated rings. The van der Waals surface area contributed by atoms with Crippen molar-refractivity contribution in [3.8, 4) is 0 Å². The summed E-state index contributed by atoms with van der Waals surface area (Å²) >= 11 is 0. The average Bonchev–Trinajstić information content (AvgIpc) is 0.876. The zero-order valence-electron chi connectivity index (χ0n) is 83.1. The van der Waals surface area contributed by atoms with Crippen LogP contribution in [0.1, 0.15) is 67.2 Å². The van der Waals surface area contributed by atoms with Gasteiger partial charge in [0, 0.05) is 50.7 Å². The van der Waals surface area contributed by atoms with Crippen molar-refractivity contribution in [2.75, 3.05) is 119 Å². The fraction of sp³-hybridized carbons (Fsp3) is 1.00. The molecule has 0 aliphatic heterocycles. The third-order valence-electron chi connectivity index (χ3n) is 18.9. The van der Waals surface area contributed by atoms with E-state index in [1.165, 1.54) is 0 Å². The molecular formula is C77H192O22Si16. The van der Waals surface area contributed by atoms with Crippen LogP contribution >= 0.6 is 0 Å². The molecule has 0 aromatic heterocycles. The summed E-state index contributed by atoms with van der Waals surface area (Å²) in [6, 6.07) is 1.70. The lowest BCUT2D eigenvalue weighted by atomic mass is 9.92. The molecular weight excluding hydrogens is 1730 g/mol. The van der Waals surface area contributed by atoms with E-state index >= 15 is 0 Å². The molecule has 22 nitrogen and oxygen atoms in total. The maximum Gasteiger partial charge on any atom is 0.317 e. The molecule has 0 heterocycles. The quantitative estimate of drug-likeness (QED) is 0.0244. The number of rotatable bonds is 62. The summed E-state index contributed by atoms with van der Waals surface area (Å²) in [5, 5.41) is 60.8. The van der Waals surface area contributed by atoms with Gasteiger partial charge in [0.25, 0.3) is 0 Å². The van der Waals surface area contributed by atoms with Gasteiger partial charge in [0.15, 0.2) is 99.8 Å². The molecule has 6 atom stereocenters. The SMILES string of the molecule is CC(CCOCC(CO)(CO)COCCC(C)[Si](C)(C)O[Si](C)(C)C)[Si](C)(C)O[Si](C)(C)C.CC(CCOCC(CO)(CO)COCCC(C)[Si](C)(O[Si](C)(C)C)O[Si](C)(C)C)[Si](C)(O[Si](C)(C)C)O[Si](C)(C)C.CC(COCC(CO)(CO)COCC(C)C[Si](C)(O[Si](C)(C)C)O[Si](C)(C)C)C[Si](C)(O[Si](C)(C)C)O[Si](C)(C)C. The second-order valence-corrected chi connectivity index (χ2v) is 116. The monoisotopic (exact) mass is 1920 g/mol. The minimum Gasteiger partial charge on any atom is -0.456 e. The number of hydrogen-bond acceptors (Lipinski definition) is 22. The first-order valence-electron chi connectivity index (χ1n) is 43.3. The second kappa shape index (κ2) is 51.1. The van der Waals surface area contributed by atoms with Crippen molar-refractivity contribution in [2.45, 2.75) is 350 Å². The summed E-state index contributed by atoms with van der Waals surface area (Å²) in [6.07, 6.45) is 3.46. The van der Waals surface area contributed by atoms with E-state index in [9.17, 15) is 30.6 Å². The Kier molecular flexibility index (Phi) is 54.1. The van der Waals surface area contributed by atoms with E-state index in [0.717, 1.165) is 37.8 Å². The van der Waals surface area contributed by atoms with Gasteiger partial charge < -0.3 is 100 Å². The molecule has 38 heteroatoms. The molecule has 696 valence electrons. The zero-order valence-corrected chi connectivity index (χ0v) is 99.1. The third kappa shape index (κ3) is 59.4. The molecule has 115 heavy (non-hydrogen) atoms. The molecule has 0 bridgehead atoms. The summed E-state index contributed by atoms with van der Waals surface area (Å²) in [7, 11) is -30.4. The second-order valence-electron chi connectivity index (χ2n) is 45.7. The minimum atomic E-state index is -2.41. The van der Waals surface area contributed by atoms with Crippen LogP contribution in [0.2, 0.25) is 283 Å². The minimum absolute atomic E-state index is 0.160. The van der Waals surface area contributed by atoms with Crippen molar-refractivity contribution in [3.63, 3.8) is 0 Å². The summed E-state index contributed by atoms with van der Waals surface area (Å²) in [4.78, 5) is 0. The van der Waals surface area contributed by atoms with Crippen LogP contribution in [0.15, 0.2) is 0 Å². The third-order valence-corrected chi connectivity index (χ3v) is 73.4. The van der Waals surface area contributed by atoms with Crippen molar-refractivity contribution in [1.82, 2.24) is 0 Å². The maximum atomic E-state index is 10.2. The Labute approximate surface area is 726 Å². The Morgan fingerprint density at radius 3 is 0.548 bits per heavy atom. The molecule has 0 aromatic rings. The zero-order chi connectivity index (χ0) is 91.2. The van der Waals surface area contributed by atoms with Gasteiger partial charge in [-0.15, -0.1) is 0 Å². The number of hydrogen-bond donors (Lipinski definition) is 6. The van der Waals surface area contributed by atoms with Crippen molar-refractivity contribution in [3.05, 3.63) is 0 Å². The topological polar surface area (TPSA) is 269 Å². The first kappa shape index (κ1) is 122. The van der Waals surface area contributed by atoms with Gasteiger partial charge >= 0.3 is 34.2 Å². The van der Waals surface area contributed by atoms with Crippen LogP contribution in [0.25, 0.3) is 0 Å². The summed E-state index contributed by atoms with van der Waals surface area (Å²) in [5.74, 6) is 0.464. The normalized spacial score (nSPS) is 16.2. The fourth-order valence-corrected chi connectivity index (χ4v) is 80.8. The van der Waals surface area contributed by atoms with E-state index in [-0.39, 0.29) is 102 Å². The Morgan fingerprint density at radius 1 is 0.217 bits per heavy atom. The summed E-state index contributed by atoms with van der Waals surface area (Å²) in [5.41, 5.74) is -1.000. The lowest BCUT2D eigenvalue weighted by molar-refractivity contribution is -0.0839. The van der Waals surface area contributed by atoms with Crippen LogP contribution in [-0.4, -0.2) is 284 Å². The van der Waals surface area contributed by atoms with E-state index in [1.54, 1.807) is 0 Å². The number of ether oxygens (including phenoxy) is 6. The number of aliphatic hydroxyl groups excluding tert-OH is 6. The highest BCUT2D eigenvalue weighted by Gasteiger charge is 2.49. The molecule has 0 saturated heterocycles. The number of aliphatic hydroxyl groups is 6. The Balaban J connectivity index is -0.00000165. The van der Waals surface area contributed by atoms with Crippen LogP contribution in [-0.2, 0) is 69.6 Å².